The Morgan fingerprint density at radius 3 is 2.51 bits per heavy atom. The van der Waals surface area contributed by atoms with Crippen LogP contribution < -0.4 is 5.32 Å². The number of rotatable bonds is 3. The Kier molecular flexibility index (Phi) is 4.67. The highest BCUT2D eigenvalue weighted by atomic mass is 19.2. The number of carbonyl (C=O) groups excluding carboxylic acids is 4. The van der Waals surface area contributed by atoms with Gasteiger partial charge in [0.25, 0.3) is 11.8 Å². The minimum absolute atomic E-state index is 0.134. The molecule has 2 aromatic carbocycles. The standard InChI is InChI=1S/C26H21F2N3O4/c27-19-4-2-14(8-20(19)28)17-9-26(10-17)12-30(13-26)24(34)15-1-3-18-16(7-15)11-31(25(18)35)21-5-6-22(32)29-23(21)33/h1-4,7-9,21H,5-6,10-13H2,(H,29,32,33). The Morgan fingerprint density at radius 1 is 1.03 bits per heavy atom. The van der Waals surface area contributed by atoms with Crippen LogP contribution in [0.2, 0.25) is 0 Å². The molecule has 4 aliphatic rings. The molecule has 0 radical (unpaired) electrons. The van der Waals surface area contributed by atoms with Crippen molar-refractivity contribution in [3.63, 3.8) is 0 Å². The van der Waals surface area contributed by atoms with Gasteiger partial charge in [-0.15, -0.1) is 0 Å². The van der Waals surface area contributed by atoms with E-state index < -0.39 is 23.6 Å². The first kappa shape index (κ1) is 21.6. The third-order valence-electron chi connectivity index (χ3n) is 7.38. The third-order valence-corrected chi connectivity index (χ3v) is 7.38. The van der Waals surface area contributed by atoms with E-state index >= 15 is 0 Å². The number of imide groups is 1. The molecule has 1 atom stereocenters. The van der Waals surface area contributed by atoms with Gasteiger partial charge in [-0.25, -0.2) is 8.78 Å². The first-order valence-corrected chi connectivity index (χ1v) is 11.5. The molecular weight excluding hydrogens is 456 g/mol. The SMILES string of the molecule is O=C1CCC(N2Cc3cc(C(=O)N4CC5(C=C(c6ccc(F)c(F)c6)C5)C4)ccc3C2=O)C(=O)N1. The molecule has 3 heterocycles. The Morgan fingerprint density at radius 2 is 1.80 bits per heavy atom. The fourth-order valence-electron chi connectivity index (χ4n) is 5.55. The van der Waals surface area contributed by atoms with Gasteiger partial charge < -0.3 is 9.80 Å². The molecule has 0 aromatic heterocycles. The summed E-state index contributed by atoms with van der Waals surface area (Å²) in [6, 6.07) is 8.12. The van der Waals surface area contributed by atoms with Crippen molar-refractivity contribution in [1.29, 1.82) is 0 Å². The Labute approximate surface area is 199 Å². The molecular formula is C26H21F2N3O4. The number of nitrogens with zero attached hydrogens (tertiary/aromatic N) is 2. The average Bonchev–Trinajstić information content (AvgIpc) is 3.09. The van der Waals surface area contributed by atoms with Crippen LogP contribution in [0.15, 0.2) is 42.5 Å². The molecule has 2 fully saturated rings. The first-order chi connectivity index (χ1) is 16.7. The zero-order chi connectivity index (χ0) is 24.5. The maximum atomic E-state index is 13.5. The normalized spacial score (nSPS) is 22.4. The second kappa shape index (κ2) is 7.56. The summed E-state index contributed by atoms with van der Waals surface area (Å²) in [6.07, 6.45) is 3.19. The number of nitrogens with one attached hydrogen (secondary N) is 1. The minimum atomic E-state index is -0.875. The molecule has 1 spiro atoms. The van der Waals surface area contributed by atoms with E-state index in [1.54, 1.807) is 29.2 Å². The Bertz CT molecular complexity index is 1360. The number of allylic oxidation sites excluding steroid dienone is 1. The lowest BCUT2D eigenvalue weighted by Crippen LogP contribution is -2.60. The number of hydrogen-bond acceptors (Lipinski definition) is 4. The van der Waals surface area contributed by atoms with Crippen LogP contribution in [0.5, 0.6) is 0 Å². The fourth-order valence-corrected chi connectivity index (χ4v) is 5.55. The molecule has 4 amide bonds. The molecule has 1 unspecified atom stereocenters. The quantitative estimate of drug-likeness (QED) is 0.689. The van der Waals surface area contributed by atoms with Gasteiger partial charge in [-0.3, -0.25) is 24.5 Å². The molecule has 35 heavy (non-hydrogen) atoms. The van der Waals surface area contributed by atoms with Crippen molar-refractivity contribution in [2.45, 2.75) is 31.8 Å². The number of piperidine rings is 1. The van der Waals surface area contributed by atoms with Gasteiger partial charge in [-0.1, -0.05) is 12.1 Å². The Balaban J connectivity index is 1.12. The first-order valence-electron chi connectivity index (χ1n) is 11.5. The van der Waals surface area contributed by atoms with E-state index in [2.05, 4.69) is 5.32 Å². The van der Waals surface area contributed by atoms with Crippen LogP contribution in [-0.2, 0) is 16.1 Å². The lowest BCUT2D eigenvalue weighted by Gasteiger charge is -2.54. The Hall–Kier alpha value is -3.88. The predicted octanol–water partition coefficient (Wildman–Crippen LogP) is 2.66. The molecule has 7 nitrogen and oxygen atoms in total. The highest BCUT2D eigenvalue weighted by Gasteiger charge is 2.49. The summed E-state index contributed by atoms with van der Waals surface area (Å²) in [7, 11) is 0. The second-order valence-electron chi connectivity index (χ2n) is 9.77. The molecule has 1 N–H and O–H groups in total. The van der Waals surface area contributed by atoms with Crippen molar-refractivity contribution < 1.29 is 28.0 Å². The summed E-state index contributed by atoms with van der Waals surface area (Å²) in [4.78, 5) is 52.7. The third kappa shape index (κ3) is 3.45. The predicted molar refractivity (Wildman–Crippen MR) is 120 cm³/mol. The average molecular weight is 477 g/mol. The van der Waals surface area contributed by atoms with Gasteiger partial charge in [-0.2, -0.15) is 0 Å². The van der Waals surface area contributed by atoms with Crippen molar-refractivity contribution in [2.24, 2.45) is 5.41 Å². The number of halogens is 2. The molecule has 0 bridgehead atoms. The van der Waals surface area contributed by atoms with Crippen LogP contribution in [0.3, 0.4) is 0 Å². The number of amides is 4. The number of fused-ring (bicyclic) bond motifs is 1. The van der Waals surface area contributed by atoms with E-state index in [1.165, 1.54) is 11.0 Å². The molecule has 9 heteroatoms. The highest BCUT2D eigenvalue weighted by Crippen LogP contribution is 2.50. The van der Waals surface area contributed by atoms with E-state index in [4.69, 9.17) is 0 Å². The summed E-state index contributed by atoms with van der Waals surface area (Å²) in [5.74, 6) is -2.98. The van der Waals surface area contributed by atoms with Crippen molar-refractivity contribution in [1.82, 2.24) is 15.1 Å². The number of hydrogen-bond donors (Lipinski definition) is 1. The molecule has 178 valence electrons. The van der Waals surface area contributed by atoms with Crippen LogP contribution in [0.25, 0.3) is 5.57 Å². The largest absolute Gasteiger partial charge is 0.337 e. The number of carbonyl (C=O) groups is 4. The summed E-state index contributed by atoms with van der Waals surface area (Å²) < 4.78 is 26.7. The molecule has 1 aliphatic carbocycles. The molecule has 6 rings (SSSR count). The van der Waals surface area contributed by atoms with Crippen LogP contribution in [-0.4, -0.2) is 52.6 Å². The maximum Gasteiger partial charge on any atom is 0.255 e. The lowest BCUT2D eigenvalue weighted by molar-refractivity contribution is -0.136. The van der Waals surface area contributed by atoms with Gasteiger partial charge in [-0.05, 0) is 59.9 Å². The minimum Gasteiger partial charge on any atom is -0.337 e. The monoisotopic (exact) mass is 477 g/mol. The molecule has 3 aliphatic heterocycles. The van der Waals surface area contributed by atoms with E-state index in [0.717, 1.165) is 11.6 Å². The maximum absolute atomic E-state index is 13.5. The second-order valence-corrected chi connectivity index (χ2v) is 9.77. The van der Waals surface area contributed by atoms with Gasteiger partial charge in [0.05, 0.1) is 0 Å². The van der Waals surface area contributed by atoms with E-state index in [9.17, 15) is 28.0 Å². The van der Waals surface area contributed by atoms with E-state index in [0.29, 0.717) is 41.8 Å². The highest BCUT2D eigenvalue weighted by molar-refractivity contribution is 6.06. The summed E-state index contributed by atoms with van der Waals surface area (Å²) in [5.41, 5.74) is 3.09. The molecule has 2 aromatic rings. The summed E-state index contributed by atoms with van der Waals surface area (Å²) in [6.45, 7) is 1.29. The van der Waals surface area contributed by atoms with Gasteiger partial charge in [0.1, 0.15) is 6.04 Å². The van der Waals surface area contributed by atoms with Crippen molar-refractivity contribution in [2.75, 3.05) is 13.1 Å². The lowest BCUT2D eigenvalue weighted by atomic mass is 9.64. The van der Waals surface area contributed by atoms with Crippen LogP contribution in [0.1, 0.15) is 51.1 Å². The van der Waals surface area contributed by atoms with E-state index in [-0.39, 0.29) is 42.5 Å². The topological polar surface area (TPSA) is 86.8 Å². The van der Waals surface area contributed by atoms with Gasteiger partial charge in [0.15, 0.2) is 11.6 Å². The van der Waals surface area contributed by atoms with Crippen LogP contribution >= 0.6 is 0 Å². The summed E-state index contributed by atoms with van der Waals surface area (Å²) >= 11 is 0. The van der Waals surface area contributed by atoms with E-state index in [1.807, 2.05) is 6.08 Å². The fraction of sp³-hybridized carbons (Fsp3) is 0.308. The number of benzene rings is 2. The summed E-state index contributed by atoms with van der Waals surface area (Å²) in [5, 5.41) is 2.28. The molecule has 2 saturated heterocycles. The van der Waals surface area contributed by atoms with Crippen LogP contribution in [0.4, 0.5) is 8.78 Å². The van der Waals surface area contributed by atoms with Gasteiger partial charge in [0, 0.05) is 42.6 Å². The van der Waals surface area contributed by atoms with Crippen molar-refractivity contribution in [3.8, 4) is 0 Å². The zero-order valence-electron chi connectivity index (χ0n) is 18.6. The van der Waals surface area contributed by atoms with Crippen molar-refractivity contribution in [3.05, 3.63) is 76.4 Å². The number of likely N-dealkylation sites (tertiary alicyclic amines) is 1. The van der Waals surface area contributed by atoms with Gasteiger partial charge >= 0.3 is 0 Å². The van der Waals surface area contributed by atoms with Gasteiger partial charge in [0.2, 0.25) is 11.8 Å². The zero-order valence-corrected chi connectivity index (χ0v) is 18.6. The molecule has 0 saturated carbocycles. The van der Waals surface area contributed by atoms with Crippen molar-refractivity contribution >= 4 is 29.2 Å². The smallest absolute Gasteiger partial charge is 0.255 e. The van der Waals surface area contributed by atoms with Crippen LogP contribution in [0, 0.1) is 17.0 Å².